The van der Waals surface area contributed by atoms with Gasteiger partial charge < -0.3 is 20.5 Å². The molecule has 2 fully saturated rings. The molecule has 30 heavy (non-hydrogen) atoms. The number of benzene rings is 1. The van der Waals surface area contributed by atoms with E-state index in [-0.39, 0.29) is 29.5 Å². The summed E-state index contributed by atoms with van der Waals surface area (Å²) in [5, 5.41) is 5.64. The zero-order valence-electron chi connectivity index (χ0n) is 17.1. The van der Waals surface area contributed by atoms with Crippen LogP contribution in [0.25, 0.3) is 11.0 Å². The van der Waals surface area contributed by atoms with Crippen LogP contribution in [0.2, 0.25) is 0 Å². The third-order valence-corrected chi connectivity index (χ3v) is 6.01. The first-order chi connectivity index (χ1) is 14.3. The summed E-state index contributed by atoms with van der Waals surface area (Å²) in [6, 6.07) is 3.74. The van der Waals surface area contributed by atoms with Crippen molar-refractivity contribution in [1.82, 2.24) is 25.5 Å². The lowest BCUT2D eigenvalue weighted by Gasteiger charge is -2.22. The van der Waals surface area contributed by atoms with Crippen LogP contribution in [0.3, 0.4) is 0 Å². The topological polar surface area (TPSA) is 107 Å². The van der Waals surface area contributed by atoms with E-state index in [0.717, 1.165) is 0 Å². The summed E-state index contributed by atoms with van der Waals surface area (Å²) in [7, 11) is 0. The average molecular weight is 415 g/mol. The molecule has 1 aromatic heterocycles. The second-order valence-corrected chi connectivity index (χ2v) is 8.56. The van der Waals surface area contributed by atoms with Crippen LogP contribution in [0.15, 0.2) is 18.2 Å². The molecule has 9 heteroatoms. The zero-order valence-corrected chi connectivity index (χ0v) is 17.1. The van der Waals surface area contributed by atoms with Gasteiger partial charge in [0.15, 0.2) is 0 Å². The van der Waals surface area contributed by atoms with E-state index < -0.39 is 11.5 Å². The first-order valence-corrected chi connectivity index (χ1v) is 10.3. The van der Waals surface area contributed by atoms with Crippen LogP contribution in [-0.2, 0) is 20.8 Å². The van der Waals surface area contributed by atoms with Gasteiger partial charge in [-0.3, -0.25) is 14.4 Å². The molecule has 1 aromatic carbocycles. The minimum atomic E-state index is -0.671. The zero-order chi connectivity index (χ0) is 21.5. The van der Waals surface area contributed by atoms with Crippen LogP contribution in [-0.4, -0.2) is 58.3 Å². The van der Waals surface area contributed by atoms with Crippen LogP contribution in [0.1, 0.15) is 32.5 Å². The number of H-pyrrole nitrogens is 1. The summed E-state index contributed by atoms with van der Waals surface area (Å²) in [6.07, 6.45) is 1.44. The first-order valence-electron chi connectivity index (χ1n) is 10.3. The molecule has 4 rings (SSSR count). The number of fused-ring (bicyclic) bond motifs is 1. The number of carbonyl (C=O) groups is 3. The maximum atomic E-state index is 13.3. The number of imidazole rings is 1. The molecule has 2 aliphatic heterocycles. The lowest BCUT2D eigenvalue weighted by Crippen LogP contribution is -2.42. The van der Waals surface area contributed by atoms with Crippen LogP contribution in [0, 0.1) is 17.2 Å². The molecule has 0 bridgehead atoms. The number of rotatable bonds is 5. The highest BCUT2D eigenvalue weighted by atomic mass is 19.1. The maximum Gasteiger partial charge on any atom is 0.242 e. The molecule has 1 spiro atoms. The van der Waals surface area contributed by atoms with E-state index in [1.165, 1.54) is 12.1 Å². The Kier molecular flexibility index (Phi) is 5.21. The molecule has 2 aromatic rings. The molecule has 3 amide bonds. The predicted molar refractivity (Wildman–Crippen MR) is 108 cm³/mol. The third kappa shape index (κ3) is 3.76. The molecule has 0 saturated carbocycles. The van der Waals surface area contributed by atoms with Gasteiger partial charge in [0.05, 0.1) is 16.4 Å². The Morgan fingerprint density at radius 1 is 1.40 bits per heavy atom. The maximum absolute atomic E-state index is 13.3. The smallest absolute Gasteiger partial charge is 0.242 e. The Labute approximate surface area is 173 Å². The number of hydrogen-bond acceptors (Lipinski definition) is 4. The highest BCUT2D eigenvalue weighted by molar-refractivity contribution is 5.95. The second-order valence-electron chi connectivity index (χ2n) is 8.56. The van der Waals surface area contributed by atoms with Crippen molar-refractivity contribution in [3.63, 3.8) is 0 Å². The third-order valence-electron chi connectivity index (χ3n) is 6.01. The van der Waals surface area contributed by atoms with E-state index in [4.69, 9.17) is 0 Å². The SMILES string of the molecule is CC(C)C(=O)N1CC[C@]2(C[C@@H](C(=O)NCCc3nc4ccc(F)cc4[nH]3)NC2=O)C1. The average Bonchev–Trinajstić information content (AvgIpc) is 3.39. The Morgan fingerprint density at radius 3 is 2.97 bits per heavy atom. The second kappa shape index (κ2) is 7.70. The fourth-order valence-corrected chi connectivity index (χ4v) is 4.36. The van der Waals surface area contributed by atoms with Gasteiger partial charge in [-0.2, -0.15) is 0 Å². The van der Waals surface area contributed by atoms with Crippen molar-refractivity contribution in [2.75, 3.05) is 19.6 Å². The van der Waals surface area contributed by atoms with E-state index in [9.17, 15) is 18.8 Å². The highest BCUT2D eigenvalue weighted by Crippen LogP contribution is 2.39. The fraction of sp³-hybridized carbons (Fsp3) is 0.524. The fourth-order valence-electron chi connectivity index (χ4n) is 4.36. The van der Waals surface area contributed by atoms with Crippen molar-refractivity contribution >= 4 is 28.8 Å². The minimum Gasteiger partial charge on any atom is -0.354 e. The van der Waals surface area contributed by atoms with Crippen LogP contribution in [0.4, 0.5) is 4.39 Å². The number of nitrogens with one attached hydrogen (secondary N) is 3. The first kappa shape index (κ1) is 20.3. The van der Waals surface area contributed by atoms with Crippen LogP contribution < -0.4 is 10.6 Å². The van der Waals surface area contributed by atoms with E-state index in [0.29, 0.717) is 55.8 Å². The Hall–Kier alpha value is -2.97. The predicted octanol–water partition coefficient (Wildman–Crippen LogP) is 1.12. The summed E-state index contributed by atoms with van der Waals surface area (Å²) < 4.78 is 13.3. The van der Waals surface area contributed by atoms with Gasteiger partial charge in [-0.1, -0.05) is 13.8 Å². The van der Waals surface area contributed by atoms with Gasteiger partial charge in [0.25, 0.3) is 0 Å². The number of aromatic amines is 1. The van der Waals surface area contributed by atoms with E-state index in [1.807, 2.05) is 13.8 Å². The molecule has 3 heterocycles. The summed E-state index contributed by atoms with van der Waals surface area (Å²) >= 11 is 0. The molecule has 0 unspecified atom stereocenters. The highest BCUT2D eigenvalue weighted by Gasteiger charge is 2.53. The summed E-state index contributed by atoms with van der Waals surface area (Å²) in [5.74, 6) is -0.146. The molecular weight excluding hydrogens is 389 g/mol. The van der Waals surface area contributed by atoms with Crippen LogP contribution >= 0.6 is 0 Å². The number of carbonyl (C=O) groups excluding carboxylic acids is 3. The van der Waals surface area contributed by atoms with Crippen molar-refractivity contribution in [3.8, 4) is 0 Å². The molecule has 0 radical (unpaired) electrons. The van der Waals surface area contributed by atoms with Crippen molar-refractivity contribution in [1.29, 1.82) is 0 Å². The molecule has 160 valence electrons. The number of amides is 3. The summed E-state index contributed by atoms with van der Waals surface area (Å²) in [4.78, 5) is 46.6. The normalized spacial score (nSPS) is 23.5. The number of halogens is 1. The standard InChI is InChI=1S/C21H26FN5O3/c1-12(2)19(29)27-8-6-21(11-27)10-16(26-20(21)30)18(28)23-7-5-17-24-14-4-3-13(22)9-15(14)25-17/h3-4,9,12,16H,5-8,10-11H2,1-2H3,(H,23,28)(H,24,25)(H,26,30)/t16-,21-/m0/s1. The molecule has 3 N–H and O–H groups in total. The van der Waals surface area contributed by atoms with Crippen molar-refractivity contribution < 1.29 is 18.8 Å². The minimum absolute atomic E-state index is 0.0401. The molecular formula is C21H26FN5O3. The largest absolute Gasteiger partial charge is 0.354 e. The molecule has 2 atom stereocenters. The van der Waals surface area contributed by atoms with Gasteiger partial charge in [-0.25, -0.2) is 9.37 Å². The van der Waals surface area contributed by atoms with Gasteiger partial charge in [0, 0.05) is 32.0 Å². The monoisotopic (exact) mass is 415 g/mol. The van der Waals surface area contributed by atoms with Gasteiger partial charge in [-0.15, -0.1) is 0 Å². The molecule has 2 saturated heterocycles. The van der Waals surface area contributed by atoms with Crippen molar-refractivity contribution in [2.45, 2.75) is 39.2 Å². The van der Waals surface area contributed by atoms with E-state index >= 15 is 0 Å². The summed E-state index contributed by atoms with van der Waals surface area (Å²) in [5.41, 5.74) is 0.613. The number of hydrogen-bond donors (Lipinski definition) is 3. The van der Waals surface area contributed by atoms with Crippen molar-refractivity contribution in [2.24, 2.45) is 11.3 Å². The Balaban J connectivity index is 1.31. The Bertz CT molecular complexity index is 1000. The quantitative estimate of drug-likeness (QED) is 0.680. The number of nitrogens with zero attached hydrogens (tertiary/aromatic N) is 2. The molecule has 8 nitrogen and oxygen atoms in total. The molecule has 2 aliphatic rings. The van der Waals surface area contributed by atoms with Crippen LogP contribution in [0.5, 0.6) is 0 Å². The van der Waals surface area contributed by atoms with Gasteiger partial charge in [-0.05, 0) is 31.0 Å². The molecule has 0 aliphatic carbocycles. The van der Waals surface area contributed by atoms with E-state index in [2.05, 4.69) is 20.6 Å². The Morgan fingerprint density at radius 2 is 2.20 bits per heavy atom. The number of aromatic nitrogens is 2. The van der Waals surface area contributed by atoms with Gasteiger partial charge in [0.2, 0.25) is 17.7 Å². The van der Waals surface area contributed by atoms with Crippen molar-refractivity contribution in [3.05, 3.63) is 29.8 Å². The van der Waals surface area contributed by atoms with Gasteiger partial charge >= 0.3 is 0 Å². The lowest BCUT2D eigenvalue weighted by molar-refractivity contribution is -0.134. The van der Waals surface area contributed by atoms with E-state index in [1.54, 1.807) is 11.0 Å². The number of likely N-dealkylation sites (tertiary alicyclic amines) is 1. The summed E-state index contributed by atoms with van der Waals surface area (Å²) in [6.45, 7) is 4.95. The van der Waals surface area contributed by atoms with Gasteiger partial charge in [0.1, 0.15) is 17.7 Å². The lowest BCUT2D eigenvalue weighted by atomic mass is 9.84.